The first-order valence-corrected chi connectivity index (χ1v) is 6.58. The van der Waals surface area contributed by atoms with Gasteiger partial charge in [-0.05, 0) is 25.2 Å². The highest BCUT2D eigenvalue weighted by Gasteiger charge is 2.34. The fourth-order valence-corrected chi connectivity index (χ4v) is 2.57. The number of sulfonamides is 1. The number of rotatable bonds is 5. The molecule has 0 radical (unpaired) electrons. The first kappa shape index (κ1) is 11.9. The van der Waals surface area contributed by atoms with Gasteiger partial charge in [-0.25, -0.2) is 13.1 Å². The van der Waals surface area contributed by atoms with E-state index < -0.39 is 15.3 Å². The van der Waals surface area contributed by atoms with Crippen LogP contribution in [0.25, 0.3) is 0 Å². The van der Waals surface area contributed by atoms with Gasteiger partial charge in [-0.1, -0.05) is 19.1 Å². The molecule has 0 aromatic carbocycles. The van der Waals surface area contributed by atoms with Crippen LogP contribution in [0.1, 0.15) is 20.3 Å². The number of nitrogens with one attached hydrogen (secondary N) is 1. The highest BCUT2D eigenvalue weighted by molar-refractivity contribution is 7.93. The molecular weight excluding hydrogens is 220 g/mol. The molecule has 1 aliphatic carbocycles. The molecule has 14 heavy (non-hydrogen) atoms. The van der Waals surface area contributed by atoms with Crippen LogP contribution in [0, 0.1) is 11.8 Å². The highest BCUT2D eigenvalue weighted by Crippen LogP contribution is 2.36. The van der Waals surface area contributed by atoms with Crippen LogP contribution in [0.2, 0.25) is 0 Å². The maximum atomic E-state index is 11.5. The zero-order valence-corrected chi connectivity index (χ0v) is 9.99. The summed E-state index contributed by atoms with van der Waals surface area (Å²) >= 11 is 4.64. The summed E-state index contributed by atoms with van der Waals surface area (Å²) in [5.74, 6) is 1.13. The second-order valence-corrected chi connectivity index (χ2v) is 6.47. The van der Waals surface area contributed by atoms with Crippen molar-refractivity contribution < 1.29 is 8.42 Å². The van der Waals surface area contributed by atoms with Crippen LogP contribution >= 0.6 is 12.2 Å². The summed E-state index contributed by atoms with van der Waals surface area (Å²) in [6, 6.07) is 0. The average molecular weight is 236 g/mol. The maximum Gasteiger partial charge on any atom is 0.220 e. The lowest BCUT2D eigenvalue weighted by molar-refractivity contribution is 0.571. The zero-order chi connectivity index (χ0) is 10.9. The second-order valence-electron chi connectivity index (χ2n) is 3.91. The van der Waals surface area contributed by atoms with Crippen molar-refractivity contribution in [3.05, 3.63) is 0 Å². The third-order valence-corrected chi connectivity index (χ3v) is 4.95. The Kier molecular flexibility index (Phi) is 3.49. The molecule has 1 rings (SSSR count). The maximum absolute atomic E-state index is 11.5. The van der Waals surface area contributed by atoms with E-state index in [0.29, 0.717) is 18.4 Å². The smallest absolute Gasteiger partial charge is 0.220 e. The van der Waals surface area contributed by atoms with Crippen LogP contribution in [0.15, 0.2) is 0 Å². The van der Waals surface area contributed by atoms with E-state index in [1.807, 2.05) is 0 Å². The van der Waals surface area contributed by atoms with Gasteiger partial charge in [-0.2, -0.15) is 0 Å². The molecule has 1 aliphatic rings. The summed E-state index contributed by atoms with van der Waals surface area (Å²) in [6.45, 7) is 4.12. The van der Waals surface area contributed by atoms with Crippen LogP contribution in [0.3, 0.4) is 0 Å². The van der Waals surface area contributed by atoms with Gasteiger partial charge in [-0.15, -0.1) is 0 Å². The van der Waals surface area contributed by atoms with Gasteiger partial charge in [0.2, 0.25) is 10.0 Å². The Morgan fingerprint density at radius 2 is 2.21 bits per heavy atom. The number of nitrogens with two attached hydrogens (primary N) is 1. The van der Waals surface area contributed by atoms with Crippen LogP contribution in [0.5, 0.6) is 0 Å². The molecule has 3 N–H and O–H groups in total. The molecule has 1 fully saturated rings. The van der Waals surface area contributed by atoms with Gasteiger partial charge in [-0.3, -0.25) is 0 Å². The monoisotopic (exact) mass is 236 g/mol. The summed E-state index contributed by atoms with van der Waals surface area (Å²) in [7, 11) is -3.35. The fourth-order valence-electron chi connectivity index (χ4n) is 1.18. The summed E-state index contributed by atoms with van der Waals surface area (Å²) in [6.07, 6.45) is 1.10. The highest BCUT2D eigenvalue weighted by atomic mass is 32.2. The van der Waals surface area contributed by atoms with Crippen molar-refractivity contribution >= 4 is 27.2 Å². The molecular formula is C8H16N2O2S2. The lowest BCUT2D eigenvalue weighted by atomic mass is 10.3. The summed E-state index contributed by atoms with van der Waals surface area (Å²) in [5, 5.41) is -0.786. The van der Waals surface area contributed by atoms with Crippen molar-refractivity contribution in [3.8, 4) is 0 Å². The summed E-state index contributed by atoms with van der Waals surface area (Å²) in [4.78, 5) is 0.0151. The molecule has 3 atom stereocenters. The van der Waals surface area contributed by atoms with Crippen LogP contribution in [-0.2, 0) is 10.0 Å². The van der Waals surface area contributed by atoms with Crippen molar-refractivity contribution in [3.63, 3.8) is 0 Å². The Hall–Kier alpha value is -0.200. The molecule has 4 nitrogen and oxygen atoms in total. The molecule has 0 spiro atoms. The Bertz CT molecular complexity index is 326. The van der Waals surface area contributed by atoms with Crippen molar-refractivity contribution in [1.82, 2.24) is 4.72 Å². The van der Waals surface area contributed by atoms with Gasteiger partial charge in [0.05, 0.1) is 4.99 Å². The van der Waals surface area contributed by atoms with E-state index in [-0.39, 0.29) is 4.99 Å². The molecule has 0 aliphatic heterocycles. The molecule has 0 heterocycles. The standard InChI is InChI=1S/C8H16N2O2S2/c1-5-3-7(5)4-10-14(11,12)6(2)8(9)13/h5-7,10H,3-4H2,1-2H3,(H2,9,13). The van der Waals surface area contributed by atoms with Gasteiger partial charge in [0.25, 0.3) is 0 Å². The Balaban J connectivity index is 2.45. The first-order chi connectivity index (χ1) is 6.34. The predicted molar refractivity (Wildman–Crippen MR) is 60.4 cm³/mol. The Labute approximate surface area is 90.3 Å². The first-order valence-electron chi connectivity index (χ1n) is 4.62. The van der Waals surface area contributed by atoms with Crippen molar-refractivity contribution in [1.29, 1.82) is 0 Å². The van der Waals surface area contributed by atoms with Crippen LogP contribution < -0.4 is 10.5 Å². The Morgan fingerprint density at radius 1 is 1.71 bits per heavy atom. The third-order valence-electron chi connectivity index (χ3n) is 2.69. The SMILES string of the molecule is CC1CC1CNS(=O)(=O)C(C)C(N)=S. The van der Waals surface area contributed by atoms with E-state index in [0.717, 1.165) is 6.42 Å². The number of hydrogen-bond acceptors (Lipinski definition) is 3. The molecule has 1 saturated carbocycles. The van der Waals surface area contributed by atoms with Gasteiger partial charge < -0.3 is 5.73 Å². The molecule has 6 heteroatoms. The minimum atomic E-state index is -3.35. The third kappa shape index (κ3) is 2.90. The number of hydrogen-bond donors (Lipinski definition) is 2. The zero-order valence-electron chi connectivity index (χ0n) is 8.36. The van der Waals surface area contributed by atoms with Crippen molar-refractivity contribution in [2.45, 2.75) is 25.5 Å². The normalized spacial score (nSPS) is 28.4. The number of thiocarbonyl (C=S) groups is 1. The molecule has 0 aromatic heterocycles. The molecule has 0 bridgehead atoms. The van der Waals surface area contributed by atoms with E-state index in [2.05, 4.69) is 23.9 Å². The topological polar surface area (TPSA) is 72.2 Å². The Morgan fingerprint density at radius 3 is 2.57 bits per heavy atom. The van der Waals surface area contributed by atoms with Crippen molar-refractivity contribution in [2.24, 2.45) is 17.6 Å². The average Bonchev–Trinajstić information content (AvgIpc) is 2.77. The van der Waals surface area contributed by atoms with Crippen molar-refractivity contribution in [2.75, 3.05) is 6.54 Å². The minimum Gasteiger partial charge on any atom is -0.392 e. The van der Waals surface area contributed by atoms with Crippen LogP contribution in [-0.4, -0.2) is 25.2 Å². The summed E-state index contributed by atoms with van der Waals surface area (Å²) < 4.78 is 25.6. The molecule has 0 saturated heterocycles. The lowest BCUT2D eigenvalue weighted by Gasteiger charge is -2.11. The van der Waals surface area contributed by atoms with Gasteiger partial charge in [0.15, 0.2) is 0 Å². The fraction of sp³-hybridized carbons (Fsp3) is 0.875. The second kappa shape index (κ2) is 4.12. The van der Waals surface area contributed by atoms with E-state index in [4.69, 9.17) is 5.73 Å². The molecule has 82 valence electrons. The predicted octanol–water partition coefficient (Wildman–Crippen LogP) is 0.236. The molecule has 0 aromatic rings. The quantitative estimate of drug-likeness (QED) is 0.671. The van der Waals surface area contributed by atoms with E-state index in [9.17, 15) is 8.42 Å². The minimum absolute atomic E-state index is 0.0151. The van der Waals surface area contributed by atoms with Gasteiger partial charge >= 0.3 is 0 Å². The van der Waals surface area contributed by atoms with Gasteiger partial charge in [0, 0.05) is 6.54 Å². The van der Waals surface area contributed by atoms with Gasteiger partial charge in [0.1, 0.15) is 5.25 Å². The lowest BCUT2D eigenvalue weighted by Crippen LogP contribution is -2.40. The van der Waals surface area contributed by atoms with E-state index in [1.54, 1.807) is 0 Å². The van der Waals surface area contributed by atoms with E-state index >= 15 is 0 Å². The van der Waals surface area contributed by atoms with Crippen LogP contribution in [0.4, 0.5) is 0 Å². The van der Waals surface area contributed by atoms with E-state index in [1.165, 1.54) is 6.92 Å². The largest absolute Gasteiger partial charge is 0.392 e. The summed E-state index contributed by atoms with van der Waals surface area (Å²) in [5.41, 5.74) is 5.28. The molecule has 0 amide bonds. The molecule has 3 unspecified atom stereocenters.